The van der Waals surface area contributed by atoms with Crippen LogP contribution in [0.3, 0.4) is 0 Å². The Morgan fingerprint density at radius 3 is 2.34 bits per heavy atom. The van der Waals surface area contributed by atoms with Gasteiger partial charge in [-0.3, -0.25) is 4.79 Å². The van der Waals surface area contributed by atoms with E-state index in [-0.39, 0.29) is 11.4 Å². The Morgan fingerprint density at radius 1 is 1.00 bits per heavy atom. The number of hydrazone groups is 1. The highest BCUT2D eigenvalue weighted by molar-refractivity contribution is 7.89. The zero-order valence-electron chi connectivity index (χ0n) is 17.2. The number of nitrogens with one attached hydrogen (secondary N) is 1. The molecule has 0 fully saturated rings. The quantitative estimate of drug-likeness (QED) is 0.415. The molecule has 3 aromatic carbocycles. The first kappa shape index (κ1) is 23.2. The van der Waals surface area contributed by atoms with Crippen molar-refractivity contribution in [3.63, 3.8) is 0 Å². The minimum Gasteiger partial charge on any atom is -0.272 e. The van der Waals surface area contributed by atoms with E-state index >= 15 is 0 Å². The average molecular weight is 458 g/mol. The Bertz CT molecular complexity index is 1210. The summed E-state index contributed by atoms with van der Waals surface area (Å²) >= 11 is 0. The first-order valence-corrected chi connectivity index (χ1v) is 11.1. The van der Waals surface area contributed by atoms with Gasteiger partial charge in [0.05, 0.1) is 17.7 Å². The lowest BCUT2D eigenvalue weighted by atomic mass is 10.2. The van der Waals surface area contributed by atoms with E-state index in [1.165, 1.54) is 60.8 Å². The summed E-state index contributed by atoms with van der Waals surface area (Å²) in [5.41, 5.74) is 4.08. The number of benzene rings is 3. The van der Waals surface area contributed by atoms with E-state index in [4.69, 9.17) is 0 Å². The minimum atomic E-state index is -4.03. The van der Waals surface area contributed by atoms with Crippen molar-refractivity contribution in [2.45, 2.75) is 18.4 Å². The molecular weight excluding hydrogens is 436 g/mol. The lowest BCUT2D eigenvalue weighted by Crippen LogP contribution is -2.39. The first-order chi connectivity index (χ1) is 15.2. The van der Waals surface area contributed by atoms with Gasteiger partial charge in [-0.25, -0.2) is 22.6 Å². The molecule has 0 unspecified atom stereocenters. The van der Waals surface area contributed by atoms with E-state index in [9.17, 15) is 22.0 Å². The smallest absolute Gasteiger partial charge is 0.255 e. The number of sulfonamides is 1. The molecule has 0 aliphatic heterocycles. The van der Waals surface area contributed by atoms with Gasteiger partial charge in [-0.05, 0) is 54.4 Å². The Kier molecular flexibility index (Phi) is 7.45. The van der Waals surface area contributed by atoms with Gasteiger partial charge in [0.15, 0.2) is 0 Å². The molecule has 0 atom stereocenters. The van der Waals surface area contributed by atoms with Crippen LogP contribution in [0.15, 0.2) is 82.8 Å². The third-order valence-electron chi connectivity index (χ3n) is 4.50. The first-order valence-electron chi connectivity index (χ1n) is 9.63. The van der Waals surface area contributed by atoms with Crippen molar-refractivity contribution < 1.29 is 22.0 Å². The number of hydrogen-bond acceptors (Lipinski definition) is 4. The van der Waals surface area contributed by atoms with Crippen LogP contribution in [0.4, 0.5) is 8.78 Å². The second-order valence-electron chi connectivity index (χ2n) is 7.06. The average Bonchev–Trinajstić information content (AvgIpc) is 2.75. The van der Waals surface area contributed by atoms with Gasteiger partial charge in [-0.15, -0.1) is 0 Å². The van der Waals surface area contributed by atoms with E-state index in [0.717, 1.165) is 9.87 Å². The van der Waals surface area contributed by atoms with Crippen molar-refractivity contribution in [2.24, 2.45) is 5.10 Å². The summed E-state index contributed by atoms with van der Waals surface area (Å²) in [7, 11) is -4.03. The van der Waals surface area contributed by atoms with Gasteiger partial charge in [0, 0.05) is 6.54 Å². The molecule has 0 radical (unpaired) electrons. The summed E-state index contributed by atoms with van der Waals surface area (Å²) < 4.78 is 53.8. The van der Waals surface area contributed by atoms with Crippen molar-refractivity contribution >= 4 is 22.1 Å². The second kappa shape index (κ2) is 10.3. The molecule has 1 amide bonds. The standard InChI is InChI=1S/C23H21F2N3O3S/c1-17-5-11-22(12-6-17)32(30,31)28(15-18-7-9-20(24)10-8-18)16-23(29)27-26-14-19-3-2-4-21(25)13-19/h2-14H,15-16H2,1H3,(H,27,29)/b26-14-. The molecule has 0 saturated carbocycles. The number of halogens is 2. The van der Waals surface area contributed by atoms with Gasteiger partial charge in [0.1, 0.15) is 11.6 Å². The maximum absolute atomic E-state index is 13.2. The molecule has 6 nitrogen and oxygen atoms in total. The van der Waals surface area contributed by atoms with E-state index in [0.29, 0.717) is 11.1 Å². The number of nitrogens with zero attached hydrogens (tertiary/aromatic N) is 2. The van der Waals surface area contributed by atoms with Crippen LogP contribution in [0.2, 0.25) is 0 Å². The van der Waals surface area contributed by atoms with Crippen LogP contribution in [0.5, 0.6) is 0 Å². The highest BCUT2D eigenvalue weighted by Gasteiger charge is 2.27. The fourth-order valence-corrected chi connectivity index (χ4v) is 4.22. The van der Waals surface area contributed by atoms with Crippen molar-refractivity contribution in [2.75, 3.05) is 6.54 Å². The van der Waals surface area contributed by atoms with Gasteiger partial charge in [0.2, 0.25) is 10.0 Å². The van der Waals surface area contributed by atoms with Crippen LogP contribution in [-0.4, -0.2) is 31.4 Å². The number of carbonyl (C=O) groups is 1. The van der Waals surface area contributed by atoms with E-state index in [2.05, 4.69) is 10.5 Å². The molecule has 32 heavy (non-hydrogen) atoms. The third-order valence-corrected chi connectivity index (χ3v) is 6.31. The molecule has 166 valence electrons. The zero-order chi connectivity index (χ0) is 23.1. The number of rotatable bonds is 8. The molecule has 0 aromatic heterocycles. The van der Waals surface area contributed by atoms with Crippen molar-refractivity contribution in [3.8, 4) is 0 Å². The van der Waals surface area contributed by atoms with Crippen LogP contribution in [0.1, 0.15) is 16.7 Å². The predicted molar refractivity (Wildman–Crippen MR) is 117 cm³/mol. The van der Waals surface area contributed by atoms with Crippen molar-refractivity contribution in [3.05, 3.63) is 101 Å². The Labute approximate surface area is 185 Å². The van der Waals surface area contributed by atoms with Crippen LogP contribution >= 0.6 is 0 Å². The monoisotopic (exact) mass is 457 g/mol. The minimum absolute atomic E-state index is 0.0290. The number of hydrogen-bond donors (Lipinski definition) is 1. The molecule has 0 bridgehead atoms. The molecule has 9 heteroatoms. The lowest BCUT2D eigenvalue weighted by molar-refractivity contribution is -0.121. The SMILES string of the molecule is Cc1ccc(S(=O)(=O)N(CC(=O)N/N=C\c2cccc(F)c2)Cc2ccc(F)cc2)cc1. The number of aryl methyl sites for hydroxylation is 1. The van der Waals surface area contributed by atoms with E-state index in [1.54, 1.807) is 18.2 Å². The van der Waals surface area contributed by atoms with Gasteiger partial charge in [0.25, 0.3) is 5.91 Å². The molecule has 3 aromatic rings. The zero-order valence-corrected chi connectivity index (χ0v) is 18.0. The van der Waals surface area contributed by atoms with Crippen LogP contribution in [0, 0.1) is 18.6 Å². The Hall–Kier alpha value is -3.43. The van der Waals surface area contributed by atoms with E-state index < -0.39 is 34.1 Å². The number of amides is 1. The molecule has 1 N–H and O–H groups in total. The summed E-state index contributed by atoms with van der Waals surface area (Å²) in [5.74, 6) is -1.59. The summed E-state index contributed by atoms with van der Waals surface area (Å²) in [6.07, 6.45) is 1.25. The van der Waals surface area contributed by atoms with Crippen molar-refractivity contribution in [1.29, 1.82) is 0 Å². The topological polar surface area (TPSA) is 78.8 Å². The Balaban J connectivity index is 1.79. The molecular formula is C23H21F2N3O3S. The fourth-order valence-electron chi connectivity index (χ4n) is 2.84. The summed E-state index contributed by atoms with van der Waals surface area (Å²) in [6, 6.07) is 17.2. The van der Waals surface area contributed by atoms with Crippen LogP contribution in [-0.2, 0) is 21.4 Å². The molecule has 0 aliphatic carbocycles. The summed E-state index contributed by atoms with van der Waals surface area (Å²) in [4.78, 5) is 12.5. The van der Waals surface area contributed by atoms with Gasteiger partial charge in [-0.2, -0.15) is 9.41 Å². The summed E-state index contributed by atoms with van der Waals surface area (Å²) in [5, 5.41) is 3.76. The highest BCUT2D eigenvalue weighted by Crippen LogP contribution is 2.19. The third kappa shape index (κ3) is 6.29. The van der Waals surface area contributed by atoms with Crippen molar-refractivity contribution in [1.82, 2.24) is 9.73 Å². The van der Waals surface area contributed by atoms with Gasteiger partial charge in [-0.1, -0.05) is 42.0 Å². The van der Waals surface area contributed by atoms with Crippen LogP contribution < -0.4 is 5.43 Å². The van der Waals surface area contributed by atoms with Crippen LogP contribution in [0.25, 0.3) is 0 Å². The van der Waals surface area contributed by atoms with Gasteiger partial charge < -0.3 is 0 Å². The van der Waals surface area contributed by atoms with E-state index in [1.807, 2.05) is 6.92 Å². The number of carbonyl (C=O) groups excluding carboxylic acids is 1. The maximum Gasteiger partial charge on any atom is 0.255 e. The molecule has 0 spiro atoms. The second-order valence-corrected chi connectivity index (χ2v) is 9.00. The molecule has 3 rings (SSSR count). The Morgan fingerprint density at radius 2 is 1.69 bits per heavy atom. The fraction of sp³-hybridized carbons (Fsp3) is 0.130. The predicted octanol–water partition coefficient (Wildman–Crippen LogP) is 3.61. The lowest BCUT2D eigenvalue weighted by Gasteiger charge is -2.21. The maximum atomic E-state index is 13.2. The van der Waals surface area contributed by atoms with Gasteiger partial charge >= 0.3 is 0 Å². The summed E-state index contributed by atoms with van der Waals surface area (Å²) in [6.45, 7) is 1.17. The largest absolute Gasteiger partial charge is 0.272 e. The molecule has 0 heterocycles. The molecule has 0 aliphatic rings. The highest BCUT2D eigenvalue weighted by atomic mass is 32.2. The molecule has 0 saturated heterocycles. The normalized spacial score (nSPS) is 11.8.